The number of carbonyl (C=O) groups is 1. The van der Waals surface area contributed by atoms with Crippen LogP contribution in [0.15, 0.2) is 36.8 Å². The number of nitrogens with zero attached hydrogens (tertiary/aromatic N) is 2. The molecule has 21 heavy (non-hydrogen) atoms. The quantitative estimate of drug-likeness (QED) is 0.820. The lowest BCUT2D eigenvalue weighted by Crippen LogP contribution is -2.19. The van der Waals surface area contributed by atoms with Crippen LogP contribution in [0.1, 0.15) is 35.5 Å². The van der Waals surface area contributed by atoms with Crippen molar-refractivity contribution in [2.75, 3.05) is 6.54 Å². The zero-order valence-corrected chi connectivity index (χ0v) is 12.4. The molecule has 0 amide bonds. The van der Waals surface area contributed by atoms with E-state index in [-0.39, 0.29) is 0 Å². The summed E-state index contributed by atoms with van der Waals surface area (Å²) in [6, 6.07) is 6.92. The largest absolute Gasteiger partial charge is 0.478 e. The van der Waals surface area contributed by atoms with E-state index in [9.17, 15) is 4.79 Å². The number of carboxylic acid groups (broad SMARTS) is 1. The summed E-state index contributed by atoms with van der Waals surface area (Å²) in [6.07, 6.45) is 3.82. The van der Waals surface area contributed by atoms with Crippen molar-refractivity contribution in [3.63, 3.8) is 0 Å². The van der Waals surface area contributed by atoms with Crippen LogP contribution in [-0.2, 0) is 13.1 Å². The minimum atomic E-state index is -0.900. The number of nitrogens with one attached hydrogen (secondary N) is 1. The molecule has 0 saturated heterocycles. The molecule has 0 atom stereocenters. The highest BCUT2D eigenvalue weighted by molar-refractivity contribution is 5.87. The first-order valence-electron chi connectivity index (χ1n) is 7.08. The molecule has 1 aromatic carbocycles. The minimum absolute atomic E-state index is 0.308. The zero-order valence-electron chi connectivity index (χ0n) is 12.4. The number of hydrogen-bond acceptors (Lipinski definition) is 3. The highest BCUT2D eigenvalue weighted by Gasteiger charge is 2.03. The second-order valence-electron chi connectivity index (χ2n) is 5.56. The van der Waals surface area contributed by atoms with Crippen LogP contribution in [0, 0.1) is 5.92 Å². The fourth-order valence-corrected chi connectivity index (χ4v) is 2.04. The number of rotatable bonds is 7. The van der Waals surface area contributed by atoms with Crippen molar-refractivity contribution in [2.45, 2.75) is 26.9 Å². The molecule has 0 aliphatic heterocycles. The Balaban J connectivity index is 1.91. The van der Waals surface area contributed by atoms with Gasteiger partial charge in [-0.05, 0) is 30.2 Å². The van der Waals surface area contributed by atoms with E-state index in [0.717, 1.165) is 24.3 Å². The molecule has 0 saturated carbocycles. The Bertz CT molecular complexity index is 588. The molecule has 0 fully saturated rings. The first kappa shape index (κ1) is 15.3. The van der Waals surface area contributed by atoms with Gasteiger partial charge in [-0.25, -0.2) is 9.78 Å². The molecule has 0 bridgehead atoms. The van der Waals surface area contributed by atoms with Crippen LogP contribution in [0.25, 0.3) is 0 Å². The van der Waals surface area contributed by atoms with Crippen LogP contribution in [0.5, 0.6) is 0 Å². The molecule has 0 radical (unpaired) electrons. The summed E-state index contributed by atoms with van der Waals surface area (Å²) in [6.45, 7) is 6.78. The maximum Gasteiger partial charge on any atom is 0.335 e. The van der Waals surface area contributed by atoms with Gasteiger partial charge in [0.1, 0.15) is 0 Å². The maximum absolute atomic E-state index is 10.8. The summed E-state index contributed by atoms with van der Waals surface area (Å²) in [7, 11) is 0. The lowest BCUT2D eigenvalue weighted by atomic mass is 10.1. The van der Waals surface area contributed by atoms with Gasteiger partial charge in [0.25, 0.3) is 0 Å². The predicted octanol–water partition coefficient (Wildman–Crippen LogP) is 2.38. The molecule has 2 aromatic rings. The second kappa shape index (κ2) is 7.04. The minimum Gasteiger partial charge on any atom is -0.478 e. The van der Waals surface area contributed by atoms with Gasteiger partial charge in [-0.15, -0.1) is 0 Å². The molecule has 5 heteroatoms. The van der Waals surface area contributed by atoms with Crippen LogP contribution >= 0.6 is 0 Å². The topological polar surface area (TPSA) is 67.2 Å². The monoisotopic (exact) mass is 287 g/mol. The lowest BCUT2D eigenvalue weighted by molar-refractivity contribution is 0.0697. The third-order valence-electron chi connectivity index (χ3n) is 3.11. The fourth-order valence-electron chi connectivity index (χ4n) is 2.04. The molecule has 1 heterocycles. The van der Waals surface area contributed by atoms with Gasteiger partial charge in [0.2, 0.25) is 0 Å². The summed E-state index contributed by atoms with van der Waals surface area (Å²) in [5.41, 5.74) is 2.37. The van der Waals surface area contributed by atoms with E-state index < -0.39 is 5.97 Å². The van der Waals surface area contributed by atoms with Gasteiger partial charge in [0.15, 0.2) is 0 Å². The van der Waals surface area contributed by atoms with E-state index in [4.69, 9.17) is 5.11 Å². The Hall–Kier alpha value is -2.14. The van der Waals surface area contributed by atoms with E-state index in [0.29, 0.717) is 18.0 Å². The van der Waals surface area contributed by atoms with Crippen molar-refractivity contribution in [1.82, 2.24) is 14.9 Å². The number of aromatic carboxylic acids is 1. The highest BCUT2D eigenvalue weighted by atomic mass is 16.4. The molecule has 5 nitrogen and oxygen atoms in total. The van der Waals surface area contributed by atoms with E-state index in [1.165, 1.54) is 0 Å². The predicted molar refractivity (Wildman–Crippen MR) is 81.3 cm³/mol. The Morgan fingerprint density at radius 2 is 2.05 bits per heavy atom. The van der Waals surface area contributed by atoms with Crippen molar-refractivity contribution >= 4 is 5.97 Å². The van der Waals surface area contributed by atoms with Gasteiger partial charge in [0.05, 0.1) is 17.6 Å². The SMILES string of the molecule is CC(C)CNCc1cn(Cc2ccc(C(=O)O)cc2)cn1. The van der Waals surface area contributed by atoms with Crippen LogP contribution in [0.3, 0.4) is 0 Å². The Morgan fingerprint density at radius 3 is 2.67 bits per heavy atom. The van der Waals surface area contributed by atoms with Crippen molar-refractivity contribution < 1.29 is 9.90 Å². The van der Waals surface area contributed by atoms with Crippen molar-refractivity contribution in [2.24, 2.45) is 5.92 Å². The van der Waals surface area contributed by atoms with Gasteiger partial charge in [0, 0.05) is 19.3 Å². The van der Waals surface area contributed by atoms with Crippen LogP contribution in [0.2, 0.25) is 0 Å². The maximum atomic E-state index is 10.8. The molecular formula is C16H21N3O2. The Morgan fingerprint density at radius 1 is 1.33 bits per heavy atom. The van der Waals surface area contributed by atoms with Crippen molar-refractivity contribution in [1.29, 1.82) is 0 Å². The fraction of sp³-hybridized carbons (Fsp3) is 0.375. The average molecular weight is 287 g/mol. The smallest absolute Gasteiger partial charge is 0.335 e. The van der Waals surface area contributed by atoms with Gasteiger partial charge in [-0.3, -0.25) is 0 Å². The summed E-state index contributed by atoms with van der Waals surface area (Å²) >= 11 is 0. The third kappa shape index (κ3) is 4.72. The first-order chi connectivity index (χ1) is 10.0. The second-order valence-corrected chi connectivity index (χ2v) is 5.56. The number of benzene rings is 1. The van der Waals surface area contributed by atoms with Crippen LogP contribution < -0.4 is 5.32 Å². The average Bonchev–Trinajstić information content (AvgIpc) is 2.86. The van der Waals surface area contributed by atoms with Gasteiger partial charge >= 0.3 is 5.97 Å². The first-order valence-corrected chi connectivity index (χ1v) is 7.08. The highest BCUT2D eigenvalue weighted by Crippen LogP contribution is 2.07. The lowest BCUT2D eigenvalue weighted by Gasteiger charge is -2.05. The summed E-state index contributed by atoms with van der Waals surface area (Å²) in [5, 5.41) is 12.2. The zero-order chi connectivity index (χ0) is 15.2. The number of hydrogen-bond donors (Lipinski definition) is 2. The standard InChI is InChI=1S/C16H21N3O2/c1-12(2)7-17-8-15-10-19(11-18-15)9-13-3-5-14(6-4-13)16(20)21/h3-6,10-12,17H,7-9H2,1-2H3,(H,20,21). The molecular weight excluding hydrogens is 266 g/mol. The van der Waals surface area contributed by atoms with Gasteiger partial charge < -0.3 is 15.0 Å². The normalized spacial score (nSPS) is 11.0. The number of aromatic nitrogens is 2. The molecule has 1 aromatic heterocycles. The number of imidazole rings is 1. The molecule has 0 spiro atoms. The molecule has 0 unspecified atom stereocenters. The van der Waals surface area contributed by atoms with E-state index in [1.807, 2.05) is 22.9 Å². The van der Waals surface area contributed by atoms with Crippen molar-refractivity contribution in [3.8, 4) is 0 Å². The van der Waals surface area contributed by atoms with Crippen molar-refractivity contribution in [3.05, 3.63) is 53.6 Å². The Kier molecular flexibility index (Phi) is 5.11. The van der Waals surface area contributed by atoms with Gasteiger partial charge in [-0.2, -0.15) is 0 Å². The molecule has 112 valence electrons. The molecule has 0 aliphatic carbocycles. The summed E-state index contributed by atoms with van der Waals surface area (Å²) in [4.78, 5) is 15.2. The Labute approximate surface area is 124 Å². The van der Waals surface area contributed by atoms with E-state index >= 15 is 0 Å². The summed E-state index contributed by atoms with van der Waals surface area (Å²) in [5.74, 6) is -0.275. The third-order valence-corrected chi connectivity index (χ3v) is 3.11. The van der Waals surface area contributed by atoms with Gasteiger partial charge in [-0.1, -0.05) is 26.0 Å². The van der Waals surface area contributed by atoms with Crippen LogP contribution in [0.4, 0.5) is 0 Å². The molecule has 2 rings (SSSR count). The van der Waals surface area contributed by atoms with E-state index in [2.05, 4.69) is 24.1 Å². The molecule has 2 N–H and O–H groups in total. The summed E-state index contributed by atoms with van der Waals surface area (Å²) < 4.78 is 2.00. The van der Waals surface area contributed by atoms with E-state index in [1.54, 1.807) is 18.5 Å². The molecule has 0 aliphatic rings. The van der Waals surface area contributed by atoms with Crippen LogP contribution in [-0.4, -0.2) is 27.2 Å². The number of carboxylic acids is 1.